The number of nitrogens with zero attached hydrogens (tertiary/aromatic N) is 1. The third-order valence-electron chi connectivity index (χ3n) is 7.46. The molecule has 0 saturated carbocycles. The van der Waals surface area contributed by atoms with Gasteiger partial charge < -0.3 is 14.7 Å². The van der Waals surface area contributed by atoms with Gasteiger partial charge in [-0.05, 0) is 45.4 Å². The van der Waals surface area contributed by atoms with Crippen molar-refractivity contribution in [3.8, 4) is 0 Å². The lowest BCUT2D eigenvalue weighted by atomic mass is 9.90. The maximum absolute atomic E-state index is 11.8. The molecule has 0 fully saturated rings. The number of allylic oxidation sites excluding steroid dienone is 2. The van der Waals surface area contributed by atoms with Gasteiger partial charge in [0, 0.05) is 6.92 Å². The van der Waals surface area contributed by atoms with E-state index in [9.17, 15) is 19.8 Å². The maximum Gasteiger partial charge on any atom is 0.366 e. The molecule has 0 aliphatic carbocycles. The van der Waals surface area contributed by atoms with E-state index in [1.807, 2.05) is 21.0 Å². The molecular weight excluding hydrogens is 402 g/mol. The van der Waals surface area contributed by atoms with Crippen LogP contribution >= 0.6 is 0 Å². The normalized spacial score (nSPS) is 15.0. The Morgan fingerprint density at radius 1 is 0.812 bits per heavy atom. The van der Waals surface area contributed by atoms with Crippen LogP contribution in [0.2, 0.25) is 0 Å². The summed E-state index contributed by atoms with van der Waals surface area (Å²) in [4.78, 5) is 23.1. The van der Waals surface area contributed by atoms with Crippen LogP contribution in [-0.4, -0.2) is 52.3 Å². The van der Waals surface area contributed by atoms with Gasteiger partial charge in [0.15, 0.2) is 0 Å². The Balaban J connectivity index is 3.90. The van der Waals surface area contributed by atoms with Crippen LogP contribution in [0.25, 0.3) is 0 Å². The Bertz CT molecular complexity index is 544. The monoisotopic (exact) mass is 454 g/mol. The summed E-state index contributed by atoms with van der Waals surface area (Å²) in [5.74, 6) is -2.11. The number of quaternary nitrogens is 1. The Morgan fingerprint density at radius 3 is 1.69 bits per heavy atom. The summed E-state index contributed by atoms with van der Waals surface area (Å²) in [6.45, 7) is 5.86. The second-order valence-corrected chi connectivity index (χ2v) is 10.3. The van der Waals surface area contributed by atoms with Gasteiger partial charge in [0.2, 0.25) is 5.54 Å². The second-order valence-electron chi connectivity index (χ2n) is 10.3. The summed E-state index contributed by atoms with van der Waals surface area (Å²) < 4.78 is 0.180. The highest BCUT2D eigenvalue weighted by molar-refractivity contribution is 5.83. The number of unbranched alkanes of at least 4 members (excludes halogenated alkanes) is 12. The molecule has 0 bridgehead atoms. The fourth-order valence-corrected chi connectivity index (χ4v) is 4.32. The molecule has 0 aliphatic rings. The molecule has 0 amide bonds. The van der Waals surface area contributed by atoms with E-state index in [2.05, 4.69) is 19.1 Å². The SMILES string of the molecule is CCCCCCCCC=CCCCCCCCCC(C)[N+](C)(C)C(C)(CC(=O)O)C(=O)O. The Kier molecular flexibility index (Phi) is 16.4. The molecule has 2 atom stereocenters. The molecule has 0 heterocycles. The number of hydrogen-bond acceptors (Lipinski definition) is 2. The Morgan fingerprint density at radius 2 is 1.25 bits per heavy atom. The summed E-state index contributed by atoms with van der Waals surface area (Å²) in [5.41, 5.74) is -1.33. The largest absolute Gasteiger partial charge is 0.481 e. The highest BCUT2D eigenvalue weighted by Crippen LogP contribution is 2.30. The van der Waals surface area contributed by atoms with Crippen molar-refractivity contribution in [3.05, 3.63) is 12.2 Å². The third kappa shape index (κ3) is 12.0. The van der Waals surface area contributed by atoms with Crippen molar-refractivity contribution < 1.29 is 24.3 Å². The van der Waals surface area contributed by atoms with Crippen molar-refractivity contribution in [1.82, 2.24) is 0 Å². The molecule has 5 nitrogen and oxygen atoms in total. The van der Waals surface area contributed by atoms with Crippen LogP contribution in [0.4, 0.5) is 0 Å². The van der Waals surface area contributed by atoms with Crippen LogP contribution in [0.15, 0.2) is 12.2 Å². The van der Waals surface area contributed by atoms with Crippen LogP contribution < -0.4 is 0 Å². The van der Waals surface area contributed by atoms with Crippen molar-refractivity contribution in [2.75, 3.05) is 14.1 Å². The molecule has 0 saturated heterocycles. The summed E-state index contributed by atoms with van der Waals surface area (Å²) in [7, 11) is 3.70. The fourth-order valence-electron chi connectivity index (χ4n) is 4.32. The molecule has 5 heteroatoms. The minimum atomic E-state index is -1.33. The number of hydrogen-bond donors (Lipinski definition) is 2. The van der Waals surface area contributed by atoms with E-state index in [1.165, 1.54) is 77.0 Å². The molecule has 0 aromatic rings. The molecule has 2 unspecified atom stereocenters. The summed E-state index contributed by atoms with van der Waals surface area (Å²) in [6.07, 6.45) is 23.1. The lowest BCUT2D eigenvalue weighted by Gasteiger charge is -2.47. The van der Waals surface area contributed by atoms with Gasteiger partial charge in [0.1, 0.15) is 6.42 Å². The third-order valence-corrected chi connectivity index (χ3v) is 7.46. The average molecular weight is 455 g/mol. The van der Waals surface area contributed by atoms with Gasteiger partial charge in [-0.15, -0.1) is 0 Å². The van der Waals surface area contributed by atoms with E-state index in [0.29, 0.717) is 0 Å². The van der Waals surface area contributed by atoms with E-state index in [1.54, 1.807) is 6.92 Å². The zero-order valence-electron chi connectivity index (χ0n) is 21.7. The van der Waals surface area contributed by atoms with Gasteiger partial charge in [0.05, 0.1) is 20.1 Å². The van der Waals surface area contributed by atoms with Gasteiger partial charge in [-0.2, -0.15) is 0 Å². The fraction of sp³-hybridized carbons (Fsp3) is 0.852. The number of carboxylic acids is 2. The highest BCUT2D eigenvalue weighted by Gasteiger charge is 2.52. The first-order valence-corrected chi connectivity index (χ1v) is 13.0. The Labute approximate surface area is 197 Å². The quantitative estimate of drug-likeness (QED) is 0.109. The Hall–Kier alpha value is -1.36. The van der Waals surface area contributed by atoms with Crippen LogP contribution in [0.1, 0.15) is 124 Å². The van der Waals surface area contributed by atoms with Crippen LogP contribution in [0.3, 0.4) is 0 Å². The lowest BCUT2D eigenvalue weighted by Crippen LogP contribution is -2.66. The summed E-state index contributed by atoms with van der Waals surface area (Å²) in [6, 6.07) is 0.0900. The second kappa shape index (κ2) is 17.2. The standard InChI is InChI=1S/C27H51NO4/c1-6-7-8-9-10-11-12-13-14-15-16-17-18-19-20-21-22-24(2)28(4,5)27(3,26(31)32)23-25(29)30/h13-14,24H,6-12,15-23H2,1-5H3,(H-,29,30,31,32)/p+1. The molecule has 2 N–H and O–H groups in total. The molecule has 188 valence electrons. The van der Waals surface area contributed by atoms with Crippen molar-refractivity contribution in [2.24, 2.45) is 0 Å². The van der Waals surface area contributed by atoms with Crippen LogP contribution in [-0.2, 0) is 9.59 Å². The van der Waals surface area contributed by atoms with Gasteiger partial charge >= 0.3 is 11.9 Å². The van der Waals surface area contributed by atoms with Gasteiger partial charge in [-0.3, -0.25) is 4.79 Å². The molecule has 0 rings (SSSR count). The minimum absolute atomic E-state index is 0.0900. The lowest BCUT2D eigenvalue weighted by molar-refractivity contribution is -0.951. The first-order valence-electron chi connectivity index (χ1n) is 13.0. The number of carbonyl (C=O) groups is 2. The topological polar surface area (TPSA) is 74.6 Å². The highest BCUT2D eigenvalue weighted by atomic mass is 16.4. The molecule has 0 aromatic carbocycles. The number of aliphatic carboxylic acids is 2. The van der Waals surface area contributed by atoms with E-state index in [0.717, 1.165) is 19.3 Å². The first kappa shape index (κ1) is 30.6. The zero-order valence-corrected chi connectivity index (χ0v) is 21.7. The predicted molar refractivity (Wildman–Crippen MR) is 134 cm³/mol. The number of likely N-dealkylation sites (N-methyl/N-ethyl adjacent to an activating group) is 1. The predicted octanol–water partition coefficient (Wildman–Crippen LogP) is 7.20. The zero-order chi connectivity index (χ0) is 24.5. The number of carboxylic acid groups (broad SMARTS) is 2. The van der Waals surface area contributed by atoms with E-state index in [4.69, 9.17) is 0 Å². The van der Waals surface area contributed by atoms with E-state index >= 15 is 0 Å². The minimum Gasteiger partial charge on any atom is -0.481 e. The van der Waals surface area contributed by atoms with E-state index in [-0.39, 0.29) is 16.9 Å². The first-order chi connectivity index (χ1) is 15.1. The van der Waals surface area contributed by atoms with Crippen molar-refractivity contribution in [3.63, 3.8) is 0 Å². The van der Waals surface area contributed by atoms with Gasteiger partial charge in [0.25, 0.3) is 0 Å². The maximum atomic E-state index is 11.8. The van der Waals surface area contributed by atoms with Crippen LogP contribution in [0.5, 0.6) is 0 Å². The van der Waals surface area contributed by atoms with Crippen molar-refractivity contribution in [1.29, 1.82) is 0 Å². The molecule has 0 spiro atoms. The average Bonchev–Trinajstić information content (AvgIpc) is 2.72. The van der Waals surface area contributed by atoms with Crippen molar-refractivity contribution in [2.45, 2.75) is 135 Å². The van der Waals surface area contributed by atoms with E-state index < -0.39 is 17.5 Å². The van der Waals surface area contributed by atoms with Gasteiger partial charge in [-0.25, -0.2) is 4.79 Å². The summed E-state index contributed by atoms with van der Waals surface area (Å²) in [5, 5.41) is 18.9. The molecule has 0 aromatic heterocycles. The molecule has 32 heavy (non-hydrogen) atoms. The molecule has 0 aliphatic heterocycles. The van der Waals surface area contributed by atoms with Gasteiger partial charge in [-0.1, -0.05) is 76.9 Å². The molecular formula is C27H52NO4+. The molecule has 0 radical (unpaired) electrons. The van der Waals surface area contributed by atoms with Crippen molar-refractivity contribution >= 4 is 11.9 Å². The van der Waals surface area contributed by atoms with Crippen LogP contribution in [0, 0.1) is 0 Å². The smallest absolute Gasteiger partial charge is 0.366 e. The summed E-state index contributed by atoms with van der Waals surface area (Å²) >= 11 is 0. The number of rotatable bonds is 21.